The second-order valence-corrected chi connectivity index (χ2v) is 6.98. The molecule has 1 aliphatic heterocycles. The molecule has 3 aromatic rings. The third-order valence-corrected chi connectivity index (χ3v) is 5.03. The molecule has 0 radical (unpaired) electrons. The highest BCUT2D eigenvalue weighted by molar-refractivity contribution is 14.0. The SMILES string of the molecule is CCNC(=NCCc1cn2ccccc2n1)N1CC=C(c2ccccc2)CC1.I. The molecule has 5 nitrogen and oxygen atoms in total. The van der Waals surface area contributed by atoms with Gasteiger partial charge in [-0.1, -0.05) is 42.5 Å². The average molecular weight is 501 g/mol. The van der Waals surface area contributed by atoms with Crippen LogP contribution >= 0.6 is 24.0 Å². The standard InChI is InChI=1S/C23H27N5.HI/c1-2-24-23(25-14-11-21-18-28-15-7-6-10-22(28)26-21)27-16-12-20(13-17-27)19-8-4-3-5-9-19;/h3-10,12,15,18H,2,11,13-14,16-17H2,1H3,(H,24,25);1H. The molecule has 29 heavy (non-hydrogen) atoms. The number of guanidine groups is 1. The summed E-state index contributed by atoms with van der Waals surface area (Å²) >= 11 is 0. The van der Waals surface area contributed by atoms with E-state index in [0.717, 1.165) is 56.3 Å². The minimum Gasteiger partial charge on any atom is -0.357 e. The van der Waals surface area contributed by atoms with E-state index in [1.54, 1.807) is 0 Å². The fourth-order valence-electron chi connectivity index (χ4n) is 3.59. The largest absolute Gasteiger partial charge is 0.357 e. The van der Waals surface area contributed by atoms with Crippen LogP contribution in [0.4, 0.5) is 0 Å². The first-order valence-corrected chi connectivity index (χ1v) is 10.0. The second-order valence-electron chi connectivity index (χ2n) is 6.98. The summed E-state index contributed by atoms with van der Waals surface area (Å²) in [5, 5.41) is 3.44. The van der Waals surface area contributed by atoms with Crippen LogP contribution in [0.15, 0.2) is 72.0 Å². The lowest BCUT2D eigenvalue weighted by molar-refractivity contribution is 0.440. The van der Waals surface area contributed by atoms with Crippen molar-refractivity contribution >= 4 is 41.2 Å². The Bertz CT molecular complexity index is 944. The number of fused-ring (bicyclic) bond motifs is 1. The Kier molecular flexibility index (Phi) is 7.69. The van der Waals surface area contributed by atoms with Crippen LogP contribution in [-0.2, 0) is 6.42 Å². The van der Waals surface area contributed by atoms with Crippen LogP contribution < -0.4 is 5.32 Å². The first kappa shape index (κ1) is 21.4. The Balaban J connectivity index is 0.00000240. The Morgan fingerprint density at radius 2 is 1.97 bits per heavy atom. The Morgan fingerprint density at radius 1 is 1.14 bits per heavy atom. The fourth-order valence-corrected chi connectivity index (χ4v) is 3.59. The summed E-state index contributed by atoms with van der Waals surface area (Å²) in [5.74, 6) is 0.995. The zero-order valence-electron chi connectivity index (χ0n) is 16.8. The van der Waals surface area contributed by atoms with Gasteiger partial charge in [-0.3, -0.25) is 4.99 Å². The number of nitrogens with one attached hydrogen (secondary N) is 1. The first-order chi connectivity index (χ1) is 13.8. The lowest BCUT2D eigenvalue weighted by Gasteiger charge is -2.29. The van der Waals surface area contributed by atoms with Crippen molar-refractivity contribution in [2.24, 2.45) is 4.99 Å². The topological polar surface area (TPSA) is 44.9 Å². The molecule has 0 aliphatic carbocycles. The van der Waals surface area contributed by atoms with E-state index in [0.29, 0.717) is 0 Å². The number of nitrogens with zero attached hydrogens (tertiary/aromatic N) is 4. The van der Waals surface area contributed by atoms with Crippen LogP contribution in [0.3, 0.4) is 0 Å². The van der Waals surface area contributed by atoms with E-state index in [2.05, 4.69) is 69.1 Å². The molecule has 0 amide bonds. The first-order valence-electron chi connectivity index (χ1n) is 10.0. The maximum atomic E-state index is 4.85. The number of halogens is 1. The number of hydrogen-bond acceptors (Lipinski definition) is 2. The van der Waals surface area contributed by atoms with Crippen LogP contribution in [0.5, 0.6) is 0 Å². The molecule has 0 fully saturated rings. The minimum absolute atomic E-state index is 0. The maximum absolute atomic E-state index is 4.85. The Labute approximate surface area is 189 Å². The molecular formula is C23H28IN5. The number of benzene rings is 1. The quantitative estimate of drug-likeness (QED) is 0.323. The minimum atomic E-state index is 0. The van der Waals surface area contributed by atoms with Gasteiger partial charge in [0.05, 0.1) is 5.69 Å². The van der Waals surface area contributed by atoms with E-state index >= 15 is 0 Å². The molecule has 4 rings (SSSR count). The Morgan fingerprint density at radius 3 is 2.69 bits per heavy atom. The van der Waals surface area contributed by atoms with Crippen LogP contribution in [0.2, 0.25) is 0 Å². The van der Waals surface area contributed by atoms with Crippen LogP contribution in [0.25, 0.3) is 11.2 Å². The van der Waals surface area contributed by atoms with Gasteiger partial charge in [0.1, 0.15) is 5.65 Å². The fraction of sp³-hybridized carbons (Fsp3) is 0.304. The second kappa shape index (κ2) is 10.4. The van der Waals surface area contributed by atoms with E-state index in [4.69, 9.17) is 4.99 Å². The molecule has 6 heteroatoms. The highest BCUT2D eigenvalue weighted by atomic mass is 127. The summed E-state index contributed by atoms with van der Waals surface area (Å²) in [4.78, 5) is 11.8. The van der Waals surface area contributed by atoms with E-state index in [-0.39, 0.29) is 24.0 Å². The van der Waals surface area contributed by atoms with Gasteiger partial charge in [-0.05, 0) is 36.6 Å². The molecule has 0 bridgehead atoms. The van der Waals surface area contributed by atoms with Crippen molar-refractivity contribution in [3.8, 4) is 0 Å². The molecule has 0 spiro atoms. The number of aliphatic imine (C=N–C) groups is 1. The van der Waals surface area contributed by atoms with E-state index in [1.807, 2.05) is 24.4 Å². The van der Waals surface area contributed by atoms with Crippen molar-refractivity contribution in [1.29, 1.82) is 0 Å². The van der Waals surface area contributed by atoms with E-state index in [9.17, 15) is 0 Å². The maximum Gasteiger partial charge on any atom is 0.194 e. The van der Waals surface area contributed by atoms with Gasteiger partial charge in [0.2, 0.25) is 0 Å². The highest BCUT2D eigenvalue weighted by Crippen LogP contribution is 2.22. The van der Waals surface area contributed by atoms with Crippen molar-refractivity contribution in [3.63, 3.8) is 0 Å². The van der Waals surface area contributed by atoms with Crippen LogP contribution in [0.1, 0.15) is 24.6 Å². The van der Waals surface area contributed by atoms with Gasteiger partial charge in [-0.25, -0.2) is 4.98 Å². The van der Waals surface area contributed by atoms with Gasteiger partial charge in [0, 0.05) is 45.0 Å². The van der Waals surface area contributed by atoms with E-state index in [1.165, 1.54) is 11.1 Å². The van der Waals surface area contributed by atoms with Gasteiger partial charge in [-0.2, -0.15) is 0 Å². The zero-order valence-corrected chi connectivity index (χ0v) is 19.1. The zero-order chi connectivity index (χ0) is 19.2. The summed E-state index contributed by atoms with van der Waals surface area (Å²) in [6, 6.07) is 16.7. The van der Waals surface area contributed by atoms with Gasteiger partial charge >= 0.3 is 0 Å². The van der Waals surface area contributed by atoms with Gasteiger partial charge in [0.15, 0.2) is 5.96 Å². The van der Waals surface area contributed by atoms with Gasteiger partial charge in [0.25, 0.3) is 0 Å². The molecule has 1 N–H and O–H groups in total. The molecule has 152 valence electrons. The molecule has 2 aromatic heterocycles. The van der Waals surface area contributed by atoms with Crippen LogP contribution in [0, 0.1) is 0 Å². The number of rotatable bonds is 5. The van der Waals surface area contributed by atoms with Crippen molar-refractivity contribution in [2.45, 2.75) is 19.8 Å². The van der Waals surface area contributed by atoms with Crippen molar-refractivity contribution in [2.75, 3.05) is 26.2 Å². The lowest BCUT2D eigenvalue weighted by atomic mass is 10.00. The Hall–Kier alpha value is -2.35. The molecule has 1 aliphatic rings. The van der Waals surface area contributed by atoms with Gasteiger partial charge in [-0.15, -0.1) is 24.0 Å². The highest BCUT2D eigenvalue weighted by Gasteiger charge is 2.16. The number of hydrogen-bond donors (Lipinski definition) is 1. The predicted molar refractivity (Wildman–Crippen MR) is 131 cm³/mol. The van der Waals surface area contributed by atoms with Gasteiger partial charge < -0.3 is 14.6 Å². The third-order valence-electron chi connectivity index (χ3n) is 5.03. The monoisotopic (exact) mass is 501 g/mol. The number of aromatic nitrogens is 2. The molecule has 0 saturated heterocycles. The van der Waals surface area contributed by atoms with Crippen molar-refractivity contribution in [3.05, 3.63) is 78.3 Å². The summed E-state index contributed by atoms with van der Waals surface area (Å²) in [5.41, 5.74) is 4.83. The summed E-state index contributed by atoms with van der Waals surface area (Å²) < 4.78 is 2.06. The summed E-state index contributed by atoms with van der Waals surface area (Å²) in [7, 11) is 0. The van der Waals surface area contributed by atoms with Crippen molar-refractivity contribution in [1.82, 2.24) is 19.6 Å². The lowest BCUT2D eigenvalue weighted by Crippen LogP contribution is -2.43. The van der Waals surface area contributed by atoms with Crippen molar-refractivity contribution < 1.29 is 0 Å². The molecule has 0 atom stereocenters. The average Bonchev–Trinajstić information content (AvgIpc) is 3.17. The molecule has 3 heterocycles. The predicted octanol–water partition coefficient (Wildman–Crippen LogP) is 4.25. The van der Waals surface area contributed by atoms with E-state index < -0.39 is 0 Å². The summed E-state index contributed by atoms with van der Waals surface area (Å²) in [6.45, 7) is 5.61. The smallest absolute Gasteiger partial charge is 0.194 e. The molecule has 1 aromatic carbocycles. The summed E-state index contributed by atoms with van der Waals surface area (Å²) in [6.07, 6.45) is 8.33. The molecule has 0 saturated carbocycles. The molecular weight excluding hydrogens is 473 g/mol. The number of imidazole rings is 1. The molecule has 0 unspecified atom stereocenters. The third kappa shape index (κ3) is 5.38. The number of pyridine rings is 1. The normalized spacial score (nSPS) is 14.4. The van der Waals surface area contributed by atoms with Crippen LogP contribution in [-0.4, -0.2) is 46.4 Å².